The van der Waals surface area contributed by atoms with E-state index < -0.39 is 5.60 Å². The number of rotatable bonds is 2. The third kappa shape index (κ3) is 3.80. The monoisotopic (exact) mass is 261 g/mol. The van der Waals surface area contributed by atoms with E-state index in [4.69, 9.17) is 4.74 Å². The van der Waals surface area contributed by atoms with Crippen molar-refractivity contribution in [3.05, 3.63) is 35.4 Å². The van der Waals surface area contributed by atoms with Crippen molar-refractivity contribution in [3.63, 3.8) is 0 Å². The Balaban J connectivity index is 2.04. The molecule has 1 aromatic rings. The number of carbonyl (C=O) groups is 1. The van der Waals surface area contributed by atoms with Crippen LogP contribution in [-0.2, 0) is 4.74 Å². The average Bonchev–Trinajstić information content (AvgIpc) is 2.74. The van der Waals surface area contributed by atoms with Gasteiger partial charge in [-0.05, 0) is 57.7 Å². The van der Waals surface area contributed by atoms with E-state index in [-0.39, 0.29) is 5.97 Å². The predicted molar refractivity (Wildman–Crippen MR) is 76.4 cm³/mol. The molecule has 0 aromatic heterocycles. The quantitative estimate of drug-likeness (QED) is 0.831. The Morgan fingerprint density at radius 2 is 1.89 bits per heavy atom. The van der Waals surface area contributed by atoms with E-state index in [1.807, 2.05) is 45.0 Å². The van der Waals surface area contributed by atoms with Crippen molar-refractivity contribution < 1.29 is 9.53 Å². The number of benzene rings is 1. The molecule has 0 aliphatic carbocycles. The fraction of sp³-hybridized carbons (Fsp3) is 0.562. The third-order valence-corrected chi connectivity index (χ3v) is 3.37. The summed E-state index contributed by atoms with van der Waals surface area (Å²) in [6.45, 7) is 8.86. The van der Waals surface area contributed by atoms with Crippen molar-refractivity contribution in [3.8, 4) is 0 Å². The van der Waals surface area contributed by atoms with Crippen LogP contribution in [0.15, 0.2) is 24.3 Å². The maximum atomic E-state index is 11.9. The molecule has 0 radical (unpaired) electrons. The van der Waals surface area contributed by atoms with Gasteiger partial charge in [-0.1, -0.05) is 12.1 Å². The average molecular weight is 261 g/mol. The van der Waals surface area contributed by atoms with Crippen molar-refractivity contribution in [2.75, 3.05) is 6.54 Å². The Morgan fingerprint density at radius 1 is 1.26 bits per heavy atom. The molecule has 1 aliphatic heterocycles. The van der Waals surface area contributed by atoms with Gasteiger partial charge in [-0.3, -0.25) is 0 Å². The van der Waals surface area contributed by atoms with E-state index >= 15 is 0 Å². The molecule has 0 amide bonds. The highest BCUT2D eigenvalue weighted by atomic mass is 16.6. The zero-order valence-corrected chi connectivity index (χ0v) is 12.2. The highest BCUT2D eigenvalue weighted by Gasteiger charge is 2.23. The molecule has 2 rings (SSSR count). The molecule has 2 unspecified atom stereocenters. The maximum absolute atomic E-state index is 11.9. The minimum absolute atomic E-state index is 0.253. The van der Waals surface area contributed by atoms with Crippen molar-refractivity contribution in [1.82, 2.24) is 5.32 Å². The number of hydrogen-bond acceptors (Lipinski definition) is 3. The van der Waals surface area contributed by atoms with Gasteiger partial charge in [0.05, 0.1) is 5.56 Å². The molecular formula is C16H23NO2. The Hall–Kier alpha value is -1.35. The van der Waals surface area contributed by atoms with Crippen LogP contribution in [0.2, 0.25) is 0 Å². The van der Waals surface area contributed by atoms with Gasteiger partial charge in [0, 0.05) is 12.6 Å². The fourth-order valence-electron chi connectivity index (χ4n) is 2.42. The molecular weight excluding hydrogens is 238 g/mol. The zero-order valence-electron chi connectivity index (χ0n) is 12.2. The van der Waals surface area contributed by atoms with Crippen molar-refractivity contribution in [1.29, 1.82) is 0 Å². The summed E-state index contributed by atoms with van der Waals surface area (Å²) in [5.74, 6) is 0.305. The normalized spacial score (nSPS) is 23.4. The molecule has 19 heavy (non-hydrogen) atoms. The van der Waals surface area contributed by atoms with E-state index in [1.165, 1.54) is 5.56 Å². The lowest BCUT2D eigenvalue weighted by molar-refractivity contribution is 0.00695. The van der Waals surface area contributed by atoms with Crippen molar-refractivity contribution in [2.24, 2.45) is 0 Å². The van der Waals surface area contributed by atoms with Gasteiger partial charge >= 0.3 is 5.97 Å². The largest absolute Gasteiger partial charge is 0.456 e. The van der Waals surface area contributed by atoms with Crippen LogP contribution in [0.3, 0.4) is 0 Å². The van der Waals surface area contributed by atoms with Gasteiger partial charge in [0.25, 0.3) is 0 Å². The lowest BCUT2D eigenvalue weighted by Crippen LogP contribution is -2.23. The second kappa shape index (κ2) is 5.33. The first-order valence-electron chi connectivity index (χ1n) is 6.92. The smallest absolute Gasteiger partial charge is 0.338 e. The molecule has 1 fully saturated rings. The van der Waals surface area contributed by atoms with E-state index in [9.17, 15) is 4.79 Å². The van der Waals surface area contributed by atoms with Gasteiger partial charge in [-0.15, -0.1) is 0 Å². The molecule has 1 saturated heterocycles. The van der Waals surface area contributed by atoms with Gasteiger partial charge in [-0.2, -0.15) is 0 Å². The summed E-state index contributed by atoms with van der Waals surface area (Å²) in [7, 11) is 0. The third-order valence-electron chi connectivity index (χ3n) is 3.37. The van der Waals surface area contributed by atoms with Gasteiger partial charge in [0.2, 0.25) is 0 Å². The Labute approximate surface area is 115 Å². The van der Waals surface area contributed by atoms with Crippen LogP contribution in [0.4, 0.5) is 0 Å². The molecule has 3 heteroatoms. The van der Waals surface area contributed by atoms with E-state index in [0.29, 0.717) is 17.5 Å². The predicted octanol–water partition coefficient (Wildman–Crippen LogP) is 3.11. The second-order valence-electron chi connectivity index (χ2n) is 6.37. The number of nitrogens with one attached hydrogen (secondary N) is 1. The number of carbonyl (C=O) groups excluding carboxylic acids is 1. The van der Waals surface area contributed by atoms with Gasteiger partial charge in [0.15, 0.2) is 0 Å². The summed E-state index contributed by atoms with van der Waals surface area (Å²) in [5, 5.41) is 3.44. The lowest BCUT2D eigenvalue weighted by atomic mass is 9.96. The maximum Gasteiger partial charge on any atom is 0.338 e. The summed E-state index contributed by atoms with van der Waals surface area (Å²) < 4.78 is 5.35. The Kier molecular flexibility index (Phi) is 3.95. The summed E-state index contributed by atoms with van der Waals surface area (Å²) in [4.78, 5) is 11.9. The number of esters is 1. The lowest BCUT2D eigenvalue weighted by Gasteiger charge is -2.19. The van der Waals surface area contributed by atoms with Crippen LogP contribution >= 0.6 is 0 Å². The molecule has 2 atom stereocenters. The topological polar surface area (TPSA) is 38.3 Å². The Bertz CT molecular complexity index is 445. The summed E-state index contributed by atoms with van der Waals surface area (Å²) in [5.41, 5.74) is 1.47. The Morgan fingerprint density at radius 3 is 2.37 bits per heavy atom. The van der Waals surface area contributed by atoms with Gasteiger partial charge < -0.3 is 10.1 Å². The zero-order chi connectivity index (χ0) is 14.0. The van der Waals surface area contributed by atoms with Crippen LogP contribution in [-0.4, -0.2) is 24.2 Å². The van der Waals surface area contributed by atoms with Crippen LogP contribution < -0.4 is 5.32 Å². The van der Waals surface area contributed by atoms with E-state index in [0.717, 1.165) is 13.0 Å². The van der Waals surface area contributed by atoms with Crippen LogP contribution in [0.5, 0.6) is 0 Å². The molecule has 1 heterocycles. The molecule has 3 nitrogen and oxygen atoms in total. The number of hydrogen-bond donors (Lipinski definition) is 1. The number of ether oxygens (including phenoxy) is 1. The molecule has 0 saturated carbocycles. The summed E-state index contributed by atoms with van der Waals surface area (Å²) in [6.07, 6.45) is 1.16. The van der Waals surface area contributed by atoms with E-state index in [2.05, 4.69) is 12.2 Å². The van der Waals surface area contributed by atoms with Gasteiger partial charge in [0.1, 0.15) is 5.60 Å². The standard InChI is InChI=1S/C16H23NO2/c1-11-9-14(10-17-11)12-5-7-13(8-6-12)15(18)19-16(2,3)4/h5-8,11,14,17H,9-10H2,1-4H3. The van der Waals surface area contributed by atoms with Crippen molar-refractivity contribution in [2.45, 2.75) is 51.7 Å². The van der Waals surface area contributed by atoms with Crippen molar-refractivity contribution >= 4 is 5.97 Å². The second-order valence-corrected chi connectivity index (χ2v) is 6.37. The fourth-order valence-corrected chi connectivity index (χ4v) is 2.42. The van der Waals surface area contributed by atoms with Gasteiger partial charge in [-0.25, -0.2) is 4.79 Å². The first kappa shape index (κ1) is 14.1. The highest BCUT2D eigenvalue weighted by molar-refractivity contribution is 5.89. The first-order valence-corrected chi connectivity index (χ1v) is 6.92. The molecule has 0 spiro atoms. The van der Waals surface area contributed by atoms with Crippen LogP contribution in [0.1, 0.15) is 56.0 Å². The first-order chi connectivity index (χ1) is 8.85. The summed E-state index contributed by atoms with van der Waals surface area (Å²) >= 11 is 0. The molecule has 1 aromatic carbocycles. The minimum atomic E-state index is -0.444. The molecule has 0 bridgehead atoms. The van der Waals surface area contributed by atoms with Crippen LogP contribution in [0.25, 0.3) is 0 Å². The van der Waals surface area contributed by atoms with Crippen LogP contribution in [0, 0.1) is 0 Å². The molecule has 1 aliphatic rings. The minimum Gasteiger partial charge on any atom is -0.456 e. The highest BCUT2D eigenvalue weighted by Crippen LogP contribution is 2.26. The molecule has 104 valence electrons. The SMILES string of the molecule is CC1CC(c2ccc(C(=O)OC(C)(C)C)cc2)CN1. The van der Waals surface area contributed by atoms with E-state index in [1.54, 1.807) is 0 Å². The molecule has 1 N–H and O–H groups in total. The summed E-state index contributed by atoms with van der Waals surface area (Å²) in [6, 6.07) is 8.40.